The van der Waals surface area contributed by atoms with E-state index in [1.54, 1.807) is 11.9 Å². The minimum absolute atomic E-state index is 0.0726. The van der Waals surface area contributed by atoms with Crippen LogP contribution in [0, 0.1) is 0 Å². The van der Waals surface area contributed by atoms with Crippen LogP contribution >= 0.6 is 27.5 Å². The number of hydrogen-bond donors (Lipinski definition) is 0. The number of ether oxygens (including phenoxy) is 4. The topological polar surface area (TPSA) is 95.4 Å². The van der Waals surface area contributed by atoms with Gasteiger partial charge in [0.1, 0.15) is 5.60 Å². The molecular formula is C27H38BrClN4O6. The van der Waals surface area contributed by atoms with Crippen LogP contribution in [-0.4, -0.2) is 90.0 Å². The zero-order chi connectivity index (χ0) is 28.2. The molecule has 0 aliphatic carbocycles. The monoisotopic (exact) mass is 628 g/mol. The Morgan fingerprint density at radius 3 is 2.79 bits per heavy atom. The van der Waals surface area contributed by atoms with Gasteiger partial charge in [-0.1, -0.05) is 11.6 Å². The predicted octanol–water partition coefficient (Wildman–Crippen LogP) is 5.79. The Balaban J connectivity index is 1.31. The molecule has 0 spiro atoms. The number of carbonyl (C=O) groups is 2. The SMILES string of the molecule is CN(C(=O)OCCCc1c(Cl)cc2c(cnn2C2CCCCO2)c1Br)[C@@H]1COCCN(C(=O)OC(C)(C)C)C1. The van der Waals surface area contributed by atoms with E-state index in [-0.39, 0.29) is 18.9 Å². The van der Waals surface area contributed by atoms with Crippen LogP contribution < -0.4 is 0 Å². The van der Waals surface area contributed by atoms with Crippen molar-refractivity contribution >= 4 is 50.6 Å². The van der Waals surface area contributed by atoms with Crippen LogP contribution in [0.4, 0.5) is 9.59 Å². The van der Waals surface area contributed by atoms with Crippen LogP contribution in [0.2, 0.25) is 5.02 Å². The van der Waals surface area contributed by atoms with Crippen molar-refractivity contribution in [1.29, 1.82) is 0 Å². The number of halogens is 2. The van der Waals surface area contributed by atoms with Gasteiger partial charge in [0.15, 0.2) is 6.23 Å². The van der Waals surface area contributed by atoms with E-state index in [9.17, 15) is 9.59 Å². The lowest BCUT2D eigenvalue weighted by Crippen LogP contribution is -2.48. The Kier molecular flexibility index (Phi) is 10.0. The van der Waals surface area contributed by atoms with E-state index in [2.05, 4.69) is 21.0 Å². The molecule has 0 bridgehead atoms. The van der Waals surface area contributed by atoms with Crippen molar-refractivity contribution in [1.82, 2.24) is 19.6 Å². The van der Waals surface area contributed by atoms with Crippen LogP contribution in [-0.2, 0) is 25.4 Å². The number of benzene rings is 1. The van der Waals surface area contributed by atoms with E-state index in [1.807, 2.05) is 37.7 Å². The van der Waals surface area contributed by atoms with Gasteiger partial charge in [0.05, 0.1) is 37.6 Å². The zero-order valence-corrected chi connectivity index (χ0v) is 25.4. The van der Waals surface area contributed by atoms with Crippen molar-refractivity contribution in [3.05, 3.63) is 27.3 Å². The van der Waals surface area contributed by atoms with Crippen molar-refractivity contribution in [2.75, 3.05) is 46.6 Å². The van der Waals surface area contributed by atoms with E-state index in [0.29, 0.717) is 44.2 Å². The molecule has 2 amide bonds. The van der Waals surface area contributed by atoms with Crippen LogP contribution in [0.25, 0.3) is 10.9 Å². The van der Waals surface area contributed by atoms with Crippen LogP contribution in [0.3, 0.4) is 0 Å². The molecule has 2 aliphatic heterocycles. The maximum absolute atomic E-state index is 12.8. The molecule has 0 saturated carbocycles. The molecule has 2 saturated heterocycles. The highest BCUT2D eigenvalue weighted by atomic mass is 79.9. The number of nitrogens with zero attached hydrogens (tertiary/aromatic N) is 4. The Morgan fingerprint density at radius 1 is 1.28 bits per heavy atom. The van der Waals surface area contributed by atoms with E-state index in [0.717, 1.165) is 46.8 Å². The molecule has 1 unspecified atom stereocenters. The molecule has 3 heterocycles. The van der Waals surface area contributed by atoms with E-state index in [4.69, 9.17) is 30.5 Å². The van der Waals surface area contributed by atoms with Gasteiger partial charge in [0.2, 0.25) is 0 Å². The lowest BCUT2D eigenvalue weighted by molar-refractivity contribution is -0.0366. The van der Waals surface area contributed by atoms with E-state index in [1.165, 1.54) is 4.90 Å². The van der Waals surface area contributed by atoms with Crippen LogP contribution in [0.15, 0.2) is 16.7 Å². The summed E-state index contributed by atoms with van der Waals surface area (Å²) in [5.74, 6) is 0. The highest BCUT2D eigenvalue weighted by Crippen LogP contribution is 2.36. The number of likely N-dealkylation sites (N-methyl/N-ethyl adjacent to an activating group) is 1. The average Bonchev–Trinajstić information content (AvgIpc) is 3.15. The third-order valence-electron chi connectivity index (χ3n) is 6.85. The summed E-state index contributed by atoms with van der Waals surface area (Å²) in [6.45, 7) is 7.84. The number of rotatable bonds is 6. The van der Waals surface area contributed by atoms with Crippen molar-refractivity contribution < 1.29 is 28.5 Å². The van der Waals surface area contributed by atoms with Gasteiger partial charge in [0.25, 0.3) is 0 Å². The molecule has 4 rings (SSSR count). The number of amides is 2. The Morgan fingerprint density at radius 2 is 2.08 bits per heavy atom. The third kappa shape index (κ3) is 7.56. The normalized spacial score (nSPS) is 20.5. The molecule has 2 atom stereocenters. The Labute approximate surface area is 242 Å². The summed E-state index contributed by atoms with van der Waals surface area (Å²) < 4.78 is 25.4. The zero-order valence-electron chi connectivity index (χ0n) is 23.1. The second-order valence-electron chi connectivity index (χ2n) is 11.0. The molecule has 0 radical (unpaired) electrons. The highest BCUT2D eigenvalue weighted by Gasteiger charge is 2.31. The molecular weight excluding hydrogens is 592 g/mol. The Bertz CT molecular complexity index is 1160. The quantitative estimate of drug-likeness (QED) is 0.374. The molecule has 216 valence electrons. The molecule has 1 aromatic heterocycles. The first-order valence-corrected chi connectivity index (χ1v) is 14.6. The molecule has 1 aromatic carbocycles. The summed E-state index contributed by atoms with van der Waals surface area (Å²) >= 11 is 10.4. The van der Waals surface area contributed by atoms with Crippen molar-refractivity contribution in [3.8, 4) is 0 Å². The van der Waals surface area contributed by atoms with Gasteiger partial charge in [-0.2, -0.15) is 5.10 Å². The van der Waals surface area contributed by atoms with E-state index >= 15 is 0 Å². The van der Waals surface area contributed by atoms with E-state index < -0.39 is 17.8 Å². The summed E-state index contributed by atoms with van der Waals surface area (Å²) in [4.78, 5) is 28.4. The first-order chi connectivity index (χ1) is 18.5. The maximum atomic E-state index is 12.8. The second kappa shape index (κ2) is 13.1. The first kappa shape index (κ1) is 29.9. The van der Waals surface area contributed by atoms with Crippen molar-refractivity contribution in [2.45, 2.75) is 70.7 Å². The molecule has 39 heavy (non-hydrogen) atoms. The van der Waals surface area contributed by atoms with Gasteiger partial charge in [-0.3, -0.25) is 0 Å². The maximum Gasteiger partial charge on any atom is 0.410 e. The van der Waals surface area contributed by atoms with Gasteiger partial charge >= 0.3 is 12.2 Å². The number of carbonyl (C=O) groups excluding carboxylic acids is 2. The largest absolute Gasteiger partial charge is 0.449 e. The van der Waals surface area contributed by atoms with Gasteiger partial charge in [-0.15, -0.1) is 0 Å². The fraction of sp³-hybridized carbons (Fsp3) is 0.667. The smallest absolute Gasteiger partial charge is 0.410 e. The molecule has 2 aliphatic rings. The van der Waals surface area contributed by atoms with Gasteiger partial charge in [-0.25, -0.2) is 14.3 Å². The van der Waals surface area contributed by atoms with Gasteiger partial charge in [-0.05, 0) is 80.4 Å². The number of fused-ring (bicyclic) bond motifs is 1. The van der Waals surface area contributed by atoms with Gasteiger partial charge < -0.3 is 28.7 Å². The minimum Gasteiger partial charge on any atom is -0.449 e. The average molecular weight is 630 g/mol. The van der Waals surface area contributed by atoms with Crippen molar-refractivity contribution in [2.24, 2.45) is 0 Å². The van der Waals surface area contributed by atoms with Crippen molar-refractivity contribution in [3.63, 3.8) is 0 Å². The molecule has 2 aromatic rings. The summed E-state index contributed by atoms with van der Waals surface area (Å²) in [5, 5.41) is 6.18. The Hall–Kier alpha value is -2.08. The lowest BCUT2D eigenvalue weighted by Gasteiger charge is -2.31. The number of hydrogen-bond acceptors (Lipinski definition) is 7. The molecule has 10 nitrogen and oxygen atoms in total. The minimum atomic E-state index is -0.600. The molecule has 0 N–H and O–H groups in total. The lowest BCUT2D eigenvalue weighted by atomic mass is 10.1. The fourth-order valence-electron chi connectivity index (χ4n) is 4.71. The standard InChI is InChI=1S/C27H38BrClN4O6/c1-27(2,3)39-26(35)32-10-13-36-17-18(16-32)31(4)25(34)38-12-7-8-19-21(29)14-22-20(24(19)28)15-30-33(22)23-9-5-6-11-37-23/h14-15,18,23H,5-13,16-17H2,1-4H3/t18-,23?/m0/s1. The second-order valence-corrected chi connectivity index (χ2v) is 12.2. The van der Waals surface area contributed by atoms with Gasteiger partial charge in [0, 0.05) is 41.6 Å². The first-order valence-electron chi connectivity index (χ1n) is 13.5. The summed E-state index contributed by atoms with van der Waals surface area (Å²) in [6, 6.07) is 1.59. The molecule has 2 fully saturated rings. The summed E-state index contributed by atoms with van der Waals surface area (Å²) in [5.41, 5.74) is 1.28. The summed E-state index contributed by atoms with van der Waals surface area (Å²) in [6.07, 6.45) is 5.20. The highest BCUT2D eigenvalue weighted by molar-refractivity contribution is 9.10. The van der Waals surface area contributed by atoms with Crippen LogP contribution in [0.5, 0.6) is 0 Å². The van der Waals surface area contributed by atoms with Crippen LogP contribution in [0.1, 0.15) is 58.2 Å². The number of aromatic nitrogens is 2. The molecule has 12 heteroatoms. The third-order valence-corrected chi connectivity index (χ3v) is 8.09. The fourth-order valence-corrected chi connectivity index (χ4v) is 5.84. The summed E-state index contributed by atoms with van der Waals surface area (Å²) in [7, 11) is 1.66. The predicted molar refractivity (Wildman–Crippen MR) is 151 cm³/mol.